The van der Waals surface area contributed by atoms with Gasteiger partial charge >= 0.3 is 0 Å². The van der Waals surface area contributed by atoms with E-state index in [-0.39, 0.29) is 11.8 Å². The molecule has 0 aliphatic carbocycles. The Hall–Kier alpha value is -2.73. The average Bonchev–Trinajstić information content (AvgIpc) is 3.30. The standard InChI is InChI=1S/C24H30N4O2/c1-4-28-22(13-19(26-28)11-16(2)3)24(30)27-14-18(23(29)15-27)12-17-9-10-25-21-8-6-5-7-20(17)21/h5-10,13,16,18,23,29H,4,11-12,14-15H2,1-3H3. The summed E-state index contributed by atoms with van der Waals surface area (Å²) in [7, 11) is 0. The Morgan fingerprint density at radius 1 is 1.23 bits per heavy atom. The van der Waals surface area contributed by atoms with E-state index in [2.05, 4.69) is 30.0 Å². The molecule has 2 aromatic heterocycles. The van der Waals surface area contributed by atoms with Crippen LogP contribution in [-0.4, -0.2) is 49.9 Å². The second-order valence-electron chi connectivity index (χ2n) is 8.66. The van der Waals surface area contributed by atoms with Crippen molar-refractivity contribution in [1.82, 2.24) is 19.7 Å². The molecular formula is C24H30N4O2. The summed E-state index contributed by atoms with van der Waals surface area (Å²) < 4.78 is 1.79. The van der Waals surface area contributed by atoms with Crippen molar-refractivity contribution in [2.75, 3.05) is 13.1 Å². The Kier molecular flexibility index (Phi) is 5.86. The fourth-order valence-electron chi connectivity index (χ4n) is 4.40. The highest BCUT2D eigenvalue weighted by Gasteiger charge is 2.35. The number of aliphatic hydroxyl groups is 1. The maximum absolute atomic E-state index is 13.2. The lowest BCUT2D eigenvalue weighted by Crippen LogP contribution is -2.31. The lowest BCUT2D eigenvalue weighted by Gasteiger charge is -2.17. The van der Waals surface area contributed by atoms with E-state index in [4.69, 9.17) is 0 Å². The molecule has 158 valence electrons. The number of β-amino-alcohol motifs (C(OH)–C–C–N with tert-alkyl or cyclic N) is 1. The molecule has 1 fully saturated rings. The Morgan fingerprint density at radius 3 is 2.80 bits per heavy atom. The van der Waals surface area contributed by atoms with Gasteiger partial charge in [-0.15, -0.1) is 0 Å². The second kappa shape index (κ2) is 8.56. The van der Waals surface area contributed by atoms with Gasteiger partial charge in [0.05, 0.1) is 17.3 Å². The van der Waals surface area contributed by atoms with Gasteiger partial charge in [0, 0.05) is 37.1 Å². The molecule has 6 heteroatoms. The van der Waals surface area contributed by atoms with Crippen molar-refractivity contribution in [3.05, 3.63) is 59.5 Å². The Balaban J connectivity index is 1.51. The van der Waals surface area contributed by atoms with E-state index >= 15 is 0 Å². The fraction of sp³-hybridized carbons (Fsp3) is 0.458. The molecule has 1 amide bonds. The molecule has 1 N–H and O–H groups in total. The highest BCUT2D eigenvalue weighted by Crippen LogP contribution is 2.26. The highest BCUT2D eigenvalue weighted by molar-refractivity contribution is 5.93. The summed E-state index contributed by atoms with van der Waals surface area (Å²) in [5.41, 5.74) is 3.70. The lowest BCUT2D eigenvalue weighted by atomic mass is 9.94. The molecule has 3 heterocycles. The van der Waals surface area contributed by atoms with Crippen LogP contribution in [0.25, 0.3) is 10.9 Å². The number of likely N-dealkylation sites (tertiary alicyclic amines) is 1. The minimum Gasteiger partial charge on any atom is -0.391 e. The van der Waals surface area contributed by atoms with Crippen LogP contribution in [0.5, 0.6) is 0 Å². The van der Waals surface area contributed by atoms with Crippen LogP contribution in [-0.2, 0) is 19.4 Å². The molecule has 1 aliphatic rings. The van der Waals surface area contributed by atoms with Gasteiger partial charge in [0.2, 0.25) is 0 Å². The number of para-hydroxylation sites is 1. The van der Waals surface area contributed by atoms with Crippen LogP contribution in [0.15, 0.2) is 42.6 Å². The summed E-state index contributed by atoms with van der Waals surface area (Å²) in [5.74, 6) is 0.453. The van der Waals surface area contributed by atoms with Crippen LogP contribution in [0.2, 0.25) is 0 Å². The molecule has 0 bridgehead atoms. The minimum atomic E-state index is -0.533. The summed E-state index contributed by atoms with van der Waals surface area (Å²) in [6.07, 6.45) is 2.86. The van der Waals surface area contributed by atoms with Crippen molar-refractivity contribution in [3.63, 3.8) is 0 Å². The second-order valence-corrected chi connectivity index (χ2v) is 8.66. The van der Waals surface area contributed by atoms with Crippen LogP contribution in [0.3, 0.4) is 0 Å². The van der Waals surface area contributed by atoms with Gasteiger partial charge < -0.3 is 10.0 Å². The van der Waals surface area contributed by atoms with Gasteiger partial charge in [-0.05, 0) is 49.4 Å². The van der Waals surface area contributed by atoms with Crippen LogP contribution < -0.4 is 0 Å². The normalized spacial score (nSPS) is 19.2. The third kappa shape index (κ3) is 4.10. The van der Waals surface area contributed by atoms with E-state index in [0.29, 0.717) is 31.2 Å². The van der Waals surface area contributed by atoms with E-state index < -0.39 is 6.10 Å². The van der Waals surface area contributed by atoms with Crippen LogP contribution >= 0.6 is 0 Å². The van der Waals surface area contributed by atoms with Crippen molar-refractivity contribution >= 4 is 16.8 Å². The van der Waals surface area contributed by atoms with Crippen molar-refractivity contribution in [3.8, 4) is 0 Å². The van der Waals surface area contributed by atoms with E-state index in [0.717, 1.165) is 35.0 Å². The fourth-order valence-corrected chi connectivity index (χ4v) is 4.40. The number of aliphatic hydroxyl groups excluding tert-OH is 1. The van der Waals surface area contributed by atoms with Crippen molar-refractivity contribution in [2.24, 2.45) is 11.8 Å². The quantitative estimate of drug-likeness (QED) is 0.682. The molecular weight excluding hydrogens is 376 g/mol. The van der Waals surface area contributed by atoms with Gasteiger partial charge in [-0.1, -0.05) is 32.0 Å². The smallest absolute Gasteiger partial charge is 0.272 e. The van der Waals surface area contributed by atoms with Gasteiger partial charge in [-0.2, -0.15) is 5.10 Å². The first-order valence-corrected chi connectivity index (χ1v) is 10.8. The zero-order valence-electron chi connectivity index (χ0n) is 18.0. The molecule has 1 saturated heterocycles. The number of hydrogen-bond donors (Lipinski definition) is 1. The molecule has 1 aromatic carbocycles. The lowest BCUT2D eigenvalue weighted by molar-refractivity contribution is 0.0752. The van der Waals surface area contributed by atoms with Crippen molar-refractivity contribution in [1.29, 1.82) is 0 Å². The van der Waals surface area contributed by atoms with E-state index in [1.165, 1.54) is 0 Å². The van der Waals surface area contributed by atoms with Gasteiger partial charge in [0.1, 0.15) is 5.69 Å². The van der Waals surface area contributed by atoms with Gasteiger partial charge in [0.25, 0.3) is 5.91 Å². The first-order chi connectivity index (χ1) is 14.5. The first-order valence-electron chi connectivity index (χ1n) is 10.8. The number of aromatic nitrogens is 3. The molecule has 1 aliphatic heterocycles. The Morgan fingerprint density at radius 2 is 2.03 bits per heavy atom. The zero-order chi connectivity index (χ0) is 21.3. The molecule has 0 saturated carbocycles. The molecule has 0 radical (unpaired) electrons. The molecule has 3 aromatic rings. The van der Waals surface area contributed by atoms with Gasteiger partial charge in [-0.25, -0.2) is 0 Å². The van der Waals surface area contributed by atoms with Crippen LogP contribution in [0, 0.1) is 11.8 Å². The van der Waals surface area contributed by atoms with E-state index in [1.54, 1.807) is 9.58 Å². The highest BCUT2D eigenvalue weighted by atomic mass is 16.3. The third-order valence-corrected chi connectivity index (χ3v) is 5.88. The summed E-state index contributed by atoms with van der Waals surface area (Å²) in [4.78, 5) is 19.4. The van der Waals surface area contributed by atoms with Gasteiger partial charge in [-0.3, -0.25) is 14.5 Å². The molecule has 2 unspecified atom stereocenters. The summed E-state index contributed by atoms with van der Waals surface area (Å²) in [5, 5.41) is 16.4. The zero-order valence-corrected chi connectivity index (χ0v) is 18.0. The first kappa shape index (κ1) is 20.5. The maximum atomic E-state index is 13.2. The van der Waals surface area contributed by atoms with E-state index in [9.17, 15) is 9.90 Å². The van der Waals surface area contributed by atoms with Gasteiger partial charge in [0.15, 0.2) is 0 Å². The third-order valence-electron chi connectivity index (χ3n) is 5.88. The SMILES string of the molecule is CCn1nc(CC(C)C)cc1C(=O)N1CC(O)C(Cc2ccnc3ccccc23)C1. The number of benzene rings is 1. The number of amides is 1. The summed E-state index contributed by atoms with van der Waals surface area (Å²) in [6.45, 7) is 7.86. The topological polar surface area (TPSA) is 71.2 Å². The molecule has 0 spiro atoms. The van der Waals surface area contributed by atoms with Crippen molar-refractivity contribution in [2.45, 2.75) is 46.3 Å². The monoisotopic (exact) mass is 406 g/mol. The Bertz CT molecular complexity index is 1040. The molecule has 4 rings (SSSR count). The average molecular weight is 407 g/mol. The molecule has 2 atom stereocenters. The predicted octanol–water partition coefficient (Wildman–Crippen LogP) is 3.33. The van der Waals surface area contributed by atoms with Crippen LogP contribution in [0.1, 0.15) is 42.5 Å². The number of rotatable bonds is 6. The number of nitrogens with zero attached hydrogens (tertiary/aromatic N) is 4. The van der Waals surface area contributed by atoms with Crippen molar-refractivity contribution < 1.29 is 9.90 Å². The minimum absolute atomic E-state index is 0.00730. The number of fused-ring (bicyclic) bond motifs is 1. The summed E-state index contributed by atoms with van der Waals surface area (Å²) >= 11 is 0. The summed E-state index contributed by atoms with van der Waals surface area (Å²) in [6, 6.07) is 12.0. The number of pyridine rings is 1. The number of carbonyl (C=O) groups excluding carboxylic acids is 1. The van der Waals surface area contributed by atoms with Crippen LogP contribution in [0.4, 0.5) is 0 Å². The number of carbonyl (C=O) groups is 1. The number of aryl methyl sites for hydroxylation is 1. The predicted molar refractivity (Wildman–Crippen MR) is 117 cm³/mol. The van der Waals surface area contributed by atoms with E-state index in [1.807, 2.05) is 43.5 Å². The largest absolute Gasteiger partial charge is 0.391 e. The maximum Gasteiger partial charge on any atom is 0.272 e. The number of hydrogen-bond acceptors (Lipinski definition) is 4. The molecule has 6 nitrogen and oxygen atoms in total. The Labute approximate surface area is 177 Å². The molecule has 30 heavy (non-hydrogen) atoms.